The molecule has 0 atom stereocenters. The van der Waals surface area contributed by atoms with Crippen LogP contribution < -0.4 is 10.2 Å². The Morgan fingerprint density at radius 3 is 2.08 bits per heavy atom. The third-order valence-corrected chi connectivity index (χ3v) is 3.54. The van der Waals surface area contributed by atoms with E-state index in [9.17, 15) is 13.8 Å². The molecule has 0 aromatic carbocycles. The molecule has 0 aliphatic rings. The molecule has 0 unspecified atom stereocenters. The zero-order valence-electron chi connectivity index (χ0n) is 7.71. The molecular formula is C6H15FN3O2P. The number of hydrogen-bond acceptors (Lipinski definition) is 3. The summed E-state index contributed by atoms with van der Waals surface area (Å²) in [6.07, 6.45) is 0.689. The molecule has 0 fully saturated rings. The van der Waals surface area contributed by atoms with Gasteiger partial charge in [-0.2, -0.15) is 0 Å². The van der Waals surface area contributed by atoms with Crippen molar-refractivity contribution >= 4 is 20.7 Å². The summed E-state index contributed by atoms with van der Waals surface area (Å²) in [6.45, 7) is 0.477. The molecule has 0 aliphatic carbocycles. The van der Waals surface area contributed by atoms with Gasteiger partial charge in [-0.1, -0.05) is 0 Å². The van der Waals surface area contributed by atoms with Crippen LogP contribution in [0.3, 0.4) is 0 Å². The number of carbonyl (C=O) groups excluding carboxylic acids is 2. The van der Waals surface area contributed by atoms with Gasteiger partial charge in [-0.15, -0.1) is 0 Å². The first kappa shape index (κ1) is 12.3. The number of rotatable bonds is 7. The second kappa shape index (κ2) is 5.83. The van der Waals surface area contributed by atoms with Crippen LogP contribution in [0.4, 0.5) is 4.20 Å². The van der Waals surface area contributed by atoms with Crippen molar-refractivity contribution in [2.24, 2.45) is 0 Å². The van der Waals surface area contributed by atoms with Gasteiger partial charge in [0.2, 0.25) is 0 Å². The molecule has 0 aliphatic heterocycles. The zero-order valence-corrected chi connectivity index (χ0v) is 8.71. The maximum atomic E-state index is 13.6. The van der Waals surface area contributed by atoms with Crippen LogP contribution in [-0.2, 0) is 9.59 Å². The minimum atomic E-state index is -3.59. The first-order valence-electron chi connectivity index (χ1n) is 3.80. The number of halogens is 1. The van der Waals surface area contributed by atoms with Gasteiger partial charge >= 0.3 is 76.4 Å². The van der Waals surface area contributed by atoms with Crippen LogP contribution in [0.2, 0.25) is 0 Å². The van der Waals surface area contributed by atoms with E-state index < -0.39 is 7.87 Å². The summed E-state index contributed by atoms with van der Waals surface area (Å²) in [5, 5.41) is 4.08. The van der Waals surface area contributed by atoms with Crippen molar-refractivity contribution < 1.29 is 13.8 Å². The van der Waals surface area contributed by atoms with Crippen LogP contribution in [0.1, 0.15) is 0 Å². The van der Waals surface area contributed by atoms with Crippen molar-refractivity contribution in [1.82, 2.24) is 15.1 Å². The van der Waals surface area contributed by atoms with Gasteiger partial charge in [-0.05, 0) is 0 Å². The maximum absolute atomic E-state index is 13.6. The molecule has 5 nitrogen and oxygen atoms in total. The topological polar surface area (TPSA) is 61.4 Å². The van der Waals surface area contributed by atoms with Crippen LogP contribution in [0.15, 0.2) is 0 Å². The standard InChI is InChI=1S/C6H15FN3O2P/c1-10(2)3-4-13(7,8-5-11)9-6-12/h5-6,13H,3-4H2,1-2H3,(H,8,11)(H,9,12). The molecule has 0 aromatic heterocycles. The van der Waals surface area contributed by atoms with Crippen LogP contribution >= 0.6 is 7.87 Å². The molecule has 0 radical (unpaired) electrons. The molecule has 7 heteroatoms. The Hall–Kier alpha value is -0.740. The van der Waals surface area contributed by atoms with E-state index in [1.807, 2.05) is 10.2 Å². The van der Waals surface area contributed by atoms with Crippen molar-refractivity contribution in [1.29, 1.82) is 0 Å². The van der Waals surface area contributed by atoms with Crippen molar-refractivity contribution in [3.8, 4) is 0 Å². The fourth-order valence-corrected chi connectivity index (χ4v) is 2.25. The number of carbonyl (C=O) groups is 2. The van der Waals surface area contributed by atoms with Gasteiger partial charge in [0.1, 0.15) is 0 Å². The second-order valence-corrected chi connectivity index (χ2v) is 5.56. The van der Waals surface area contributed by atoms with Gasteiger partial charge in [0, 0.05) is 0 Å². The molecule has 2 N–H and O–H groups in total. The molecule has 0 saturated heterocycles. The summed E-state index contributed by atoms with van der Waals surface area (Å²) in [4.78, 5) is 21.9. The summed E-state index contributed by atoms with van der Waals surface area (Å²) in [7, 11) is -0.0133. The van der Waals surface area contributed by atoms with E-state index in [1.54, 1.807) is 19.0 Å². The molecule has 13 heavy (non-hydrogen) atoms. The van der Waals surface area contributed by atoms with Crippen LogP contribution in [0.25, 0.3) is 0 Å². The van der Waals surface area contributed by atoms with Crippen molar-refractivity contribution in [3.63, 3.8) is 0 Å². The van der Waals surface area contributed by atoms with E-state index >= 15 is 0 Å². The molecule has 0 rings (SSSR count). The molecular weight excluding hydrogens is 196 g/mol. The summed E-state index contributed by atoms with van der Waals surface area (Å²) in [5.74, 6) is 0. The van der Waals surface area contributed by atoms with E-state index in [1.165, 1.54) is 0 Å². The molecule has 2 amide bonds. The summed E-state index contributed by atoms with van der Waals surface area (Å²) in [5.41, 5.74) is 0. The van der Waals surface area contributed by atoms with Crippen molar-refractivity contribution in [2.75, 3.05) is 26.8 Å². The van der Waals surface area contributed by atoms with Gasteiger partial charge in [0.15, 0.2) is 0 Å². The Balaban J connectivity index is 4.05. The number of nitrogens with zero attached hydrogens (tertiary/aromatic N) is 1. The number of hydrogen-bond donors (Lipinski definition) is 2. The van der Waals surface area contributed by atoms with Crippen LogP contribution in [0, 0.1) is 0 Å². The summed E-state index contributed by atoms with van der Waals surface area (Å²) >= 11 is 0. The van der Waals surface area contributed by atoms with Gasteiger partial charge in [-0.25, -0.2) is 0 Å². The Morgan fingerprint density at radius 2 is 1.77 bits per heavy atom. The van der Waals surface area contributed by atoms with Crippen LogP contribution in [-0.4, -0.2) is 44.5 Å². The molecule has 78 valence electrons. The van der Waals surface area contributed by atoms with E-state index in [0.717, 1.165) is 0 Å². The minimum absolute atomic E-state index is 0.136. The fourth-order valence-electron chi connectivity index (χ4n) is 0.750. The monoisotopic (exact) mass is 211 g/mol. The van der Waals surface area contributed by atoms with Crippen molar-refractivity contribution in [3.05, 3.63) is 0 Å². The summed E-state index contributed by atoms with van der Waals surface area (Å²) in [6, 6.07) is 0. The van der Waals surface area contributed by atoms with Gasteiger partial charge in [0.25, 0.3) is 0 Å². The van der Waals surface area contributed by atoms with Gasteiger partial charge in [0.05, 0.1) is 0 Å². The third kappa shape index (κ3) is 5.49. The predicted octanol–water partition coefficient (Wildman–Crippen LogP) is -0.496. The van der Waals surface area contributed by atoms with Gasteiger partial charge < -0.3 is 0 Å². The second-order valence-electron chi connectivity index (χ2n) is 2.88. The number of nitrogens with one attached hydrogen (secondary N) is 2. The summed E-state index contributed by atoms with van der Waals surface area (Å²) < 4.78 is 13.6. The molecule has 0 saturated carbocycles. The molecule has 0 spiro atoms. The quantitative estimate of drug-likeness (QED) is 0.441. The predicted molar refractivity (Wildman–Crippen MR) is 51.2 cm³/mol. The number of amides is 2. The molecule has 0 heterocycles. The first-order chi connectivity index (χ1) is 6.04. The van der Waals surface area contributed by atoms with E-state index in [-0.39, 0.29) is 19.0 Å². The SMILES string of the molecule is CN(C)CC[PH](F)(NC=O)NC=O. The zero-order chi connectivity index (χ0) is 10.3. The van der Waals surface area contributed by atoms with Crippen molar-refractivity contribution in [2.45, 2.75) is 0 Å². The first-order valence-corrected chi connectivity index (χ1v) is 5.89. The van der Waals surface area contributed by atoms with Gasteiger partial charge in [-0.3, -0.25) is 0 Å². The van der Waals surface area contributed by atoms with E-state index in [0.29, 0.717) is 6.54 Å². The Morgan fingerprint density at radius 1 is 1.31 bits per heavy atom. The van der Waals surface area contributed by atoms with E-state index in [4.69, 9.17) is 0 Å². The van der Waals surface area contributed by atoms with Crippen LogP contribution in [0.5, 0.6) is 0 Å². The average molecular weight is 211 g/mol. The Bertz CT molecular complexity index is 169. The Kier molecular flexibility index (Phi) is 5.50. The third-order valence-electron chi connectivity index (χ3n) is 1.48. The Labute approximate surface area is 77.2 Å². The van der Waals surface area contributed by atoms with E-state index in [2.05, 4.69) is 0 Å². The normalized spacial score (nSPS) is 12.3. The average Bonchev–Trinajstić information content (AvgIpc) is 2.02. The fraction of sp³-hybridized carbons (Fsp3) is 0.667. The molecule has 0 bridgehead atoms. The molecule has 0 aromatic rings.